The Hall–Kier alpha value is -4.19. The summed E-state index contributed by atoms with van der Waals surface area (Å²) in [6.45, 7) is 1.90. The van der Waals surface area contributed by atoms with Gasteiger partial charge in [-0.1, -0.05) is 60.7 Å². The van der Waals surface area contributed by atoms with Crippen LogP contribution < -0.4 is 5.43 Å². The number of benzene rings is 3. The van der Waals surface area contributed by atoms with Gasteiger partial charge in [-0.2, -0.15) is 0 Å². The van der Waals surface area contributed by atoms with E-state index in [4.69, 9.17) is 9.47 Å². The second kappa shape index (κ2) is 8.39. The number of para-hydroxylation sites is 1. The molecule has 0 aliphatic heterocycles. The molecule has 0 spiro atoms. The molecule has 0 saturated heterocycles. The number of hydrogen-bond donors (Lipinski definition) is 0. The maximum Gasteiger partial charge on any atom is 0.418 e. The fourth-order valence-corrected chi connectivity index (χ4v) is 4.45. The Morgan fingerprint density at radius 3 is 2.12 bits per heavy atom. The van der Waals surface area contributed by atoms with Gasteiger partial charge in [0.1, 0.15) is 12.2 Å². The van der Waals surface area contributed by atoms with Crippen molar-refractivity contribution in [3.8, 4) is 11.1 Å². The lowest BCUT2D eigenvalue weighted by Gasteiger charge is -2.16. The Balaban J connectivity index is 1.50. The van der Waals surface area contributed by atoms with Gasteiger partial charge in [-0.25, -0.2) is 9.59 Å². The fourth-order valence-electron chi connectivity index (χ4n) is 4.45. The largest absolute Gasteiger partial charge is 0.462 e. The molecule has 6 nitrogen and oxygen atoms in total. The summed E-state index contributed by atoms with van der Waals surface area (Å²) in [6, 6.07) is 22.8. The predicted octanol–water partition coefficient (Wildman–Crippen LogP) is 4.98. The molecule has 0 saturated carbocycles. The van der Waals surface area contributed by atoms with Gasteiger partial charge in [-0.05, 0) is 41.3 Å². The number of carbonyl (C=O) groups excluding carboxylic acids is 2. The molecule has 0 amide bonds. The third kappa shape index (κ3) is 3.49. The number of hydrogen-bond acceptors (Lipinski definition) is 5. The number of fused-ring (bicyclic) bond motifs is 4. The van der Waals surface area contributed by atoms with Crippen LogP contribution in [-0.2, 0) is 9.47 Å². The maximum absolute atomic E-state index is 13.2. The zero-order chi connectivity index (χ0) is 22.9. The second-order valence-electron chi connectivity index (χ2n) is 7.78. The smallest absolute Gasteiger partial charge is 0.418 e. The number of ether oxygens (including phenoxy) is 2. The molecule has 0 atom stereocenters. The van der Waals surface area contributed by atoms with Gasteiger partial charge in [0.05, 0.1) is 12.1 Å². The molecule has 0 radical (unpaired) electrons. The normalized spacial score (nSPS) is 12.3. The highest BCUT2D eigenvalue weighted by molar-refractivity contribution is 5.96. The third-order valence-electron chi connectivity index (χ3n) is 5.94. The minimum absolute atomic E-state index is 0.100. The molecule has 1 aromatic heterocycles. The quantitative estimate of drug-likeness (QED) is 0.420. The van der Waals surface area contributed by atoms with Crippen LogP contribution in [0.3, 0.4) is 0 Å². The summed E-state index contributed by atoms with van der Waals surface area (Å²) in [5, 5.41) is 0.247. The first-order chi connectivity index (χ1) is 16.1. The minimum atomic E-state index is -0.770. The van der Waals surface area contributed by atoms with Gasteiger partial charge in [0, 0.05) is 17.5 Å². The first-order valence-corrected chi connectivity index (χ1v) is 10.8. The van der Waals surface area contributed by atoms with Crippen molar-refractivity contribution >= 4 is 23.0 Å². The summed E-state index contributed by atoms with van der Waals surface area (Å²) in [6.07, 6.45) is 0.542. The SMILES string of the molecule is CCOC(=O)c1cn(C(=O)OCC2c3ccccc3-c3ccccc32)c2ccccc2c1=O. The number of rotatable bonds is 4. The van der Waals surface area contributed by atoms with E-state index in [0.29, 0.717) is 5.52 Å². The van der Waals surface area contributed by atoms with Gasteiger partial charge >= 0.3 is 12.1 Å². The first kappa shape index (κ1) is 20.7. The van der Waals surface area contributed by atoms with E-state index in [1.165, 1.54) is 10.8 Å². The van der Waals surface area contributed by atoms with Gasteiger partial charge in [-0.3, -0.25) is 9.36 Å². The van der Waals surface area contributed by atoms with Crippen molar-refractivity contribution in [2.24, 2.45) is 0 Å². The van der Waals surface area contributed by atoms with Crippen LogP contribution in [-0.4, -0.2) is 29.8 Å². The van der Waals surface area contributed by atoms with E-state index < -0.39 is 17.5 Å². The summed E-state index contributed by atoms with van der Waals surface area (Å²) in [4.78, 5) is 38.3. The highest BCUT2D eigenvalue weighted by atomic mass is 16.6. The Morgan fingerprint density at radius 1 is 0.848 bits per heavy atom. The molecule has 33 heavy (non-hydrogen) atoms. The molecule has 0 fully saturated rings. The van der Waals surface area contributed by atoms with Gasteiger partial charge < -0.3 is 9.47 Å². The molecule has 1 heterocycles. The molecule has 4 aromatic rings. The number of aromatic nitrogens is 1. The zero-order valence-electron chi connectivity index (χ0n) is 18.0. The maximum atomic E-state index is 13.2. The molecule has 164 valence electrons. The lowest BCUT2D eigenvalue weighted by atomic mass is 9.98. The Bertz CT molecular complexity index is 1410. The number of nitrogens with zero attached hydrogens (tertiary/aromatic N) is 1. The minimum Gasteiger partial charge on any atom is -0.462 e. The molecule has 1 aliphatic rings. The molecule has 0 N–H and O–H groups in total. The van der Waals surface area contributed by atoms with Crippen molar-refractivity contribution in [2.75, 3.05) is 13.2 Å². The van der Waals surface area contributed by atoms with Crippen molar-refractivity contribution in [1.29, 1.82) is 0 Å². The van der Waals surface area contributed by atoms with Crippen LogP contribution in [0.25, 0.3) is 22.0 Å². The lowest BCUT2D eigenvalue weighted by molar-refractivity contribution is 0.0524. The van der Waals surface area contributed by atoms with E-state index >= 15 is 0 Å². The number of carbonyl (C=O) groups is 2. The van der Waals surface area contributed by atoms with Gasteiger partial charge in [-0.15, -0.1) is 0 Å². The Kier molecular flexibility index (Phi) is 5.26. The van der Waals surface area contributed by atoms with Crippen LogP contribution in [0.2, 0.25) is 0 Å². The standard InChI is InChI=1S/C27H21NO5/c1-2-32-26(30)22-15-28(24-14-8-7-13-21(24)25(22)29)27(31)33-16-23-19-11-5-3-9-17(19)18-10-4-6-12-20(18)23/h3-15,23H,2,16H2,1H3. The average molecular weight is 439 g/mol. The molecule has 6 heteroatoms. The highest BCUT2D eigenvalue weighted by Crippen LogP contribution is 2.44. The number of pyridine rings is 1. The molecule has 3 aromatic carbocycles. The van der Waals surface area contributed by atoms with Gasteiger partial charge in [0.25, 0.3) is 0 Å². The highest BCUT2D eigenvalue weighted by Gasteiger charge is 2.29. The molecule has 5 rings (SSSR count). The van der Waals surface area contributed by atoms with Gasteiger partial charge in [0.15, 0.2) is 0 Å². The van der Waals surface area contributed by atoms with Crippen LogP contribution in [0.5, 0.6) is 0 Å². The van der Waals surface area contributed by atoms with Crippen LogP contribution in [0.1, 0.15) is 34.3 Å². The summed E-state index contributed by atoms with van der Waals surface area (Å²) < 4.78 is 11.9. The van der Waals surface area contributed by atoms with E-state index in [0.717, 1.165) is 22.3 Å². The van der Waals surface area contributed by atoms with E-state index in [1.54, 1.807) is 31.2 Å². The van der Waals surface area contributed by atoms with Crippen molar-refractivity contribution in [1.82, 2.24) is 4.57 Å². The van der Waals surface area contributed by atoms with Crippen LogP contribution in [0.4, 0.5) is 4.79 Å². The summed E-state index contributed by atoms with van der Waals surface area (Å²) >= 11 is 0. The summed E-state index contributed by atoms with van der Waals surface area (Å²) in [7, 11) is 0. The van der Waals surface area contributed by atoms with Crippen molar-refractivity contribution < 1.29 is 19.1 Å². The van der Waals surface area contributed by atoms with Crippen LogP contribution >= 0.6 is 0 Å². The van der Waals surface area contributed by atoms with E-state index in [1.807, 2.05) is 36.4 Å². The van der Waals surface area contributed by atoms with Crippen LogP contribution in [0, 0.1) is 0 Å². The fraction of sp³-hybridized carbons (Fsp3) is 0.148. The van der Waals surface area contributed by atoms with Crippen LogP contribution in [0.15, 0.2) is 83.8 Å². The predicted molar refractivity (Wildman–Crippen MR) is 125 cm³/mol. The third-order valence-corrected chi connectivity index (χ3v) is 5.94. The van der Waals surface area contributed by atoms with E-state index in [9.17, 15) is 14.4 Å². The zero-order valence-corrected chi connectivity index (χ0v) is 18.0. The van der Waals surface area contributed by atoms with E-state index in [-0.39, 0.29) is 30.1 Å². The Labute approximate surface area is 190 Å². The topological polar surface area (TPSA) is 74.6 Å². The molecule has 0 unspecified atom stereocenters. The molecule has 0 bridgehead atoms. The second-order valence-corrected chi connectivity index (χ2v) is 7.78. The molecule has 1 aliphatic carbocycles. The summed E-state index contributed by atoms with van der Waals surface area (Å²) in [5.41, 5.74) is 4.15. The van der Waals surface area contributed by atoms with Crippen molar-refractivity contribution in [2.45, 2.75) is 12.8 Å². The van der Waals surface area contributed by atoms with E-state index in [2.05, 4.69) is 12.1 Å². The van der Waals surface area contributed by atoms with Crippen molar-refractivity contribution in [3.05, 3.63) is 106 Å². The average Bonchev–Trinajstić information content (AvgIpc) is 3.17. The molecular formula is C27H21NO5. The molecular weight excluding hydrogens is 418 g/mol. The Morgan fingerprint density at radius 2 is 1.45 bits per heavy atom. The first-order valence-electron chi connectivity index (χ1n) is 10.8. The van der Waals surface area contributed by atoms with Crippen molar-refractivity contribution in [3.63, 3.8) is 0 Å². The number of esters is 1. The summed E-state index contributed by atoms with van der Waals surface area (Å²) in [5.74, 6) is -0.870. The monoisotopic (exact) mass is 439 g/mol. The van der Waals surface area contributed by atoms with Gasteiger partial charge in [0.2, 0.25) is 5.43 Å². The lowest BCUT2D eigenvalue weighted by Crippen LogP contribution is -2.25.